The van der Waals surface area contributed by atoms with Crippen LogP contribution in [0.15, 0.2) is 53.0 Å². The number of hydrogen-bond acceptors (Lipinski definition) is 5. The molecule has 6 nitrogen and oxygen atoms in total. The molecule has 0 spiro atoms. The molecule has 146 valence electrons. The summed E-state index contributed by atoms with van der Waals surface area (Å²) in [7, 11) is -3.95. The van der Waals surface area contributed by atoms with E-state index in [0.29, 0.717) is 16.0 Å². The predicted molar refractivity (Wildman–Crippen MR) is 108 cm³/mol. The molecule has 0 saturated carbocycles. The Balaban J connectivity index is 2.30. The second-order valence-corrected chi connectivity index (χ2v) is 8.69. The SMILES string of the molecule is Cc1cccc(Br)c1OP(=O)(N[C@@H](C)C(=O)OC(C)C)Oc1ccccc1. The minimum absolute atomic E-state index is 0.289. The summed E-state index contributed by atoms with van der Waals surface area (Å²) in [5.74, 6) is 0.172. The number of esters is 1. The Morgan fingerprint density at radius 2 is 1.70 bits per heavy atom. The number of para-hydroxylation sites is 2. The monoisotopic (exact) mass is 455 g/mol. The third kappa shape index (κ3) is 6.38. The van der Waals surface area contributed by atoms with E-state index in [-0.39, 0.29) is 6.10 Å². The van der Waals surface area contributed by atoms with Gasteiger partial charge in [-0.05, 0) is 67.4 Å². The van der Waals surface area contributed by atoms with Crippen molar-refractivity contribution >= 4 is 29.6 Å². The number of hydrogen-bond donors (Lipinski definition) is 1. The largest absolute Gasteiger partial charge is 0.513 e. The van der Waals surface area contributed by atoms with Crippen molar-refractivity contribution < 1.29 is 23.1 Å². The molecule has 0 aliphatic carbocycles. The van der Waals surface area contributed by atoms with Crippen LogP contribution in [0.5, 0.6) is 11.5 Å². The zero-order chi connectivity index (χ0) is 20.0. The lowest BCUT2D eigenvalue weighted by Crippen LogP contribution is -2.36. The topological polar surface area (TPSA) is 73.9 Å². The molecule has 2 atom stereocenters. The number of benzene rings is 2. The van der Waals surface area contributed by atoms with Crippen LogP contribution >= 0.6 is 23.7 Å². The molecule has 0 amide bonds. The molecule has 2 aromatic carbocycles. The quantitative estimate of drug-likeness (QED) is 0.432. The lowest BCUT2D eigenvalue weighted by Gasteiger charge is -2.24. The van der Waals surface area contributed by atoms with Crippen molar-refractivity contribution in [1.82, 2.24) is 5.09 Å². The van der Waals surface area contributed by atoms with Crippen molar-refractivity contribution in [2.75, 3.05) is 0 Å². The summed E-state index contributed by atoms with van der Waals surface area (Å²) in [6.45, 7) is 6.85. The fourth-order valence-corrected chi connectivity index (χ4v) is 4.44. The van der Waals surface area contributed by atoms with Crippen LogP contribution in [0.4, 0.5) is 0 Å². The number of nitrogens with one attached hydrogen (secondary N) is 1. The maximum atomic E-state index is 13.5. The predicted octanol–water partition coefficient (Wildman–Crippen LogP) is 5.25. The Kier molecular flexibility index (Phi) is 7.48. The summed E-state index contributed by atoms with van der Waals surface area (Å²) in [5.41, 5.74) is 0.764. The first-order valence-corrected chi connectivity index (χ1v) is 10.8. The van der Waals surface area contributed by atoms with Gasteiger partial charge in [0.1, 0.15) is 17.5 Å². The molecule has 8 heteroatoms. The van der Waals surface area contributed by atoms with Crippen LogP contribution < -0.4 is 14.1 Å². The molecule has 0 saturated heterocycles. The maximum Gasteiger partial charge on any atom is 0.513 e. The summed E-state index contributed by atoms with van der Waals surface area (Å²) in [4.78, 5) is 12.1. The van der Waals surface area contributed by atoms with E-state index in [4.69, 9.17) is 13.8 Å². The zero-order valence-electron chi connectivity index (χ0n) is 15.6. The van der Waals surface area contributed by atoms with Gasteiger partial charge in [-0.2, -0.15) is 5.09 Å². The molecular weight excluding hydrogens is 433 g/mol. The van der Waals surface area contributed by atoms with Crippen LogP contribution in [-0.2, 0) is 14.1 Å². The Bertz CT molecular complexity index is 808. The van der Waals surface area contributed by atoms with Gasteiger partial charge in [-0.15, -0.1) is 0 Å². The van der Waals surface area contributed by atoms with E-state index in [1.165, 1.54) is 0 Å². The van der Waals surface area contributed by atoms with E-state index >= 15 is 0 Å². The standard InChI is InChI=1S/C19H23BrNO5P/c1-13(2)24-19(22)15(4)21-27(23,25-16-10-6-5-7-11-16)26-18-14(3)9-8-12-17(18)20/h5-13,15H,1-4H3,(H,21,23)/t15-,27?/m0/s1. The van der Waals surface area contributed by atoms with Crippen molar-refractivity contribution in [2.24, 2.45) is 0 Å². The van der Waals surface area contributed by atoms with Crippen LogP contribution in [0.2, 0.25) is 0 Å². The molecule has 0 fully saturated rings. The normalized spacial score (nSPS) is 14.3. The highest BCUT2D eigenvalue weighted by Crippen LogP contribution is 2.48. The first-order valence-electron chi connectivity index (χ1n) is 8.48. The van der Waals surface area contributed by atoms with Crippen molar-refractivity contribution in [3.05, 3.63) is 58.6 Å². The smallest absolute Gasteiger partial charge is 0.462 e. The Hall–Kier alpha value is -1.82. The molecule has 2 aromatic rings. The summed E-state index contributed by atoms with van der Waals surface area (Å²) in [5, 5.41) is 2.67. The molecule has 0 aliphatic heterocycles. The van der Waals surface area contributed by atoms with Gasteiger partial charge in [0.25, 0.3) is 0 Å². The summed E-state index contributed by atoms with van der Waals surface area (Å²) in [6.07, 6.45) is -0.289. The molecule has 0 radical (unpaired) electrons. The van der Waals surface area contributed by atoms with E-state index in [2.05, 4.69) is 21.0 Å². The van der Waals surface area contributed by atoms with Crippen LogP contribution in [-0.4, -0.2) is 18.1 Å². The highest BCUT2D eigenvalue weighted by molar-refractivity contribution is 9.10. The van der Waals surface area contributed by atoms with Gasteiger partial charge < -0.3 is 13.8 Å². The summed E-state index contributed by atoms with van der Waals surface area (Å²) < 4.78 is 30.7. The van der Waals surface area contributed by atoms with Crippen LogP contribution in [0.3, 0.4) is 0 Å². The first-order chi connectivity index (χ1) is 12.7. The number of aryl methyl sites for hydroxylation is 1. The highest BCUT2D eigenvalue weighted by atomic mass is 79.9. The van der Waals surface area contributed by atoms with Gasteiger partial charge >= 0.3 is 13.7 Å². The Morgan fingerprint density at radius 1 is 1.04 bits per heavy atom. The molecule has 2 rings (SSSR count). The van der Waals surface area contributed by atoms with Gasteiger partial charge in [0.2, 0.25) is 0 Å². The van der Waals surface area contributed by atoms with Crippen molar-refractivity contribution in [2.45, 2.75) is 39.8 Å². The van der Waals surface area contributed by atoms with E-state index in [9.17, 15) is 9.36 Å². The summed E-state index contributed by atoms with van der Waals surface area (Å²) in [6, 6.07) is 13.2. The van der Waals surface area contributed by atoms with Crippen molar-refractivity contribution in [3.8, 4) is 11.5 Å². The molecule has 27 heavy (non-hydrogen) atoms. The Morgan fingerprint density at radius 3 is 2.30 bits per heavy atom. The lowest BCUT2D eigenvalue weighted by atomic mass is 10.2. The van der Waals surface area contributed by atoms with Crippen LogP contribution in [0, 0.1) is 6.92 Å². The number of ether oxygens (including phenoxy) is 1. The fraction of sp³-hybridized carbons (Fsp3) is 0.316. The third-order valence-corrected chi connectivity index (χ3v) is 5.60. The first kappa shape index (κ1) is 21.5. The molecule has 0 aliphatic rings. The minimum atomic E-state index is -3.95. The number of rotatable bonds is 8. The van der Waals surface area contributed by atoms with E-state index < -0.39 is 19.8 Å². The number of carbonyl (C=O) groups excluding carboxylic acids is 1. The fourth-order valence-electron chi connectivity index (χ4n) is 2.17. The number of halogens is 1. The second-order valence-electron chi connectivity index (χ2n) is 6.22. The van der Waals surface area contributed by atoms with E-state index in [1.54, 1.807) is 51.1 Å². The minimum Gasteiger partial charge on any atom is -0.462 e. The number of carbonyl (C=O) groups is 1. The second kappa shape index (κ2) is 9.40. The molecule has 1 unspecified atom stereocenters. The van der Waals surface area contributed by atoms with Crippen LogP contribution in [0.1, 0.15) is 26.3 Å². The van der Waals surface area contributed by atoms with Crippen molar-refractivity contribution in [3.63, 3.8) is 0 Å². The maximum absolute atomic E-state index is 13.5. The average Bonchev–Trinajstić information content (AvgIpc) is 2.58. The lowest BCUT2D eigenvalue weighted by molar-refractivity contribution is -0.149. The van der Waals surface area contributed by atoms with Crippen molar-refractivity contribution in [1.29, 1.82) is 0 Å². The van der Waals surface area contributed by atoms with Gasteiger partial charge in [0, 0.05) is 0 Å². The molecule has 1 N–H and O–H groups in total. The van der Waals surface area contributed by atoms with Crippen LogP contribution in [0.25, 0.3) is 0 Å². The van der Waals surface area contributed by atoms with Gasteiger partial charge in [-0.3, -0.25) is 4.79 Å². The van der Waals surface area contributed by atoms with Gasteiger partial charge in [0.15, 0.2) is 0 Å². The molecular formula is C19H23BrNO5P. The summed E-state index contributed by atoms with van der Waals surface area (Å²) >= 11 is 3.39. The highest BCUT2D eigenvalue weighted by Gasteiger charge is 2.35. The molecule has 0 aromatic heterocycles. The van der Waals surface area contributed by atoms with Gasteiger partial charge in [-0.1, -0.05) is 30.3 Å². The zero-order valence-corrected chi connectivity index (χ0v) is 18.1. The molecule has 0 heterocycles. The molecule has 0 bridgehead atoms. The van der Waals surface area contributed by atoms with E-state index in [1.807, 2.05) is 25.1 Å². The van der Waals surface area contributed by atoms with Gasteiger partial charge in [-0.25, -0.2) is 4.57 Å². The third-order valence-electron chi connectivity index (χ3n) is 3.40. The van der Waals surface area contributed by atoms with E-state index in [0.717, 1.165) is 5.56 Å². The van der Waals surface area contributed by atoms with Gasteiger partial charge in [0.05, 0.1) is 10.6 Å². The average molecular weight is 456 g/mol. The Labute approximate surface area is 167 Å².